The second-order valence-corrected chi connectivity index (χ2v) is 16.1. The number of ether oxygens (including phenoxy) is 2. The minimum absolute atomic E-state index is 0.302. The molecule has 0 saturated heterocycles. The second-order valence-electron chi connectivity index (χ2n) is 14.9. The van der Waals surface area contributed by atoms with Gasteiger partial charge in [-0.2, -0.15) is 0 Å². The van der Waals surface area contributed by atoms with Gasteiger partial charge in [0.15, 0.2) is 0 Å². The number of anilines is 3. The maximum atomic E-state index is 11.4. The monoisotopic (exact) mass is 802 g/mol. The van der Waals surface area contributed by atoms with Gasteiger partial charge in [0.1, 0.15) is 11.5 Å². The number of carboxylic acid groups (broad SMARTS) is 1. The van der Waals surface area contributed by atoms with E-state index in [1.54, 1.807) is 0 Å². The fourth-order valence-electron chi connectivity index (χ4n) is 7.06. The number of unbranched alkanes of at least 4 members (excludes halogenated alkanes) is 6. The van der Waals surface area contributed by atoms with Crippen LogP contribution in [-0.4, -0.2) is 24.3 Å². The summed E-state index contributed by atoms with van der Waals surface area (Å²) in [5, 5.41) is 9.34. The third kappa shape index (κ3) is 11.3. The van der Waals surface area contributed by atoms with Crippen LogP contribution in [0.2, 0.25) is 0 Å². The van der Waals surface area contributed by atoms with Crippen LogP contribution in [0.5, 0.6) is 11.5 Å². The highest BCUT2D eigenvalue weighted by Gasteiger charge is 2.17. The van der Waals surface area contributed by atoms with E-state index in [0.717, 1.165) is 79.0 Å². The van der Waals surface area contributed by atoms with E-state index in [-0.39, 0.29) is 5.70 Å². The Hall–Kier alpha value is -6.10. The lowest BCUT2D eigenvalue weighted by atomic mass is 10.0. The topological polar surface area (TPSA) is 63.4 Å². The number of carboxylic acids is 1. The Balaban J connectivity index is 1.32. The van der Waals surface area contributed by atoms with Crippen LogP contribution in [0.3, 0.4) is 0 Å². The molecule has 0 unspecified atom stereocenters. The predicted molar refractivity (Wildman–Crippen MR) is 246 cm³/mol. The van der Waals surface area contributed by atoms with Gasteiger partial charge in [-0.3, -0.25) is 4.79 Å². The Morgan fingerprint density at radius 1 is 0.627 bits per heavy atom. The molecular formula is C52H54N2O4S. The minimum atomic E-state index is -1.23. The molecule has 1 N–H and O–H groups in total. The summed E-state index contributed by atoms with van der Waals surface area (Å²) in [5.41, 5.74) is 10.4. The van der Waals surface area contributed by atoms with Gasteiger partial charge in [-0.1, -0.05) is 113 Å². The fraction of sp³-hybridized carbons (Fsp3) is 0.269. The second kappa shape index (κ2) is 21.1. The molecule has 0 fully saturated rings. The lowest BCUT2D eigenvalue weighted by Crippen LogP contribution is -2.10. The van der Waals surface area contributed by atoms with Gasteiger partial charge in [-0.05, 0) is 121 Å². The van der Waals surface area contributed by atoms with Crippen molar-refractivity contribution in [1.29, 1.82) is 0 Å². The maximum absolute atomic E-state index is 11.4. The summed E-state index contributed by atoms with van der Waals surface area (Å²) in [4.78, 5) is 18.5. The SMILES string of the molecule is [C-]#[N+]/C(=C\c1ccc(-c2ccc(N(c3ccc(-c4ccc(C)cc4OCCCCCC)cc3)c3ccc(-c4ccc(C)cc4OCCCCCC)cc3)cc2)s1)C(=O)O. The average Bonchev–Trinajstić information content (AvgIpc) is 3.72. The highest BCUT2D eigenvalue weighted by atomic mass is 32.1. The van der Waals surface area contributed by atoms with Gasteiger partial charge in [-0.25, -0.2) is 4.85 Å². The van der Waals surface area contributed by atoms with Crippen LogP contribution in [0.1, 0.15) is 81.2 Å². The van der Waals surface area contributed by atoms with Crippen LogP contribution < -0.4 is 14.4 Å². The first-order valence-electron chi connectivity index (χ1n) is 20.8. The van der Waals surface area contributed by atoms with Crippen molar-refractivity contribution in [2.24, 2.45) is 0 Å². The molecule has 1 heterocycles. The van der Waals surface area contributed by atoms with E-state index in [2.05, 4.69) is 147 Å². The van der Waals surface area contributed by atoms with Crippen molar-refractivity contribution in [3.8, 4) is 44.2 Å². The van der Waals surface area contributed by atoms with Crippen molar-refractivity contribution < 1.29 is 19.4 Å². The van der Waals surface area contributed by atoms with Crippen LogP contribution >= 0.6 is 11.3 Å². The number of aliphatic carboxylic acids is 1. The van der Waals surface area contributed by atoms with Crippen LogP contribution in [0.15, 0.2) is 127 Å². The number of carbonyl (C=O) groups is 1. The van der Waals surface area contributed by atoms with Crippen LogP contribution in [-0.2, 0) is 4.79 Å². The Bertz CT molecular complexity index is 2260. The number of hydrogen-bond donors (Lipinski definition) is 1. The molecule has 0 radical (unpaired) electrons. The zero-order chi connectivity index (χ0) is 41.6. The Morgan fingerprint density at radius 2 is 1.08 bits per heavy atom. The highest BCUT2D eigenvalue weighted by molar-refractivity contribution is 7.16. The Morgan fingerprint density at radius 3 is 1.51 bits per heavy atom. The molecule has 0 aliphatic heterocycles. The average molecular weight is 803 g/mol. The lowest BCUT2D eigenvalue weighted by molar-refractivity contribution is -0.132. The Kier molecular flexibility index (Phi) is 15.2. The molecule has 0 aliphatic rings. The first-order valence-corrected chi connectivity index (χ1v) is 21.6. The summed E-state index contributed by atoms with van der Waals surface area (Å²) in [5.74, 6) is 0.604. The molecule has 6 nitrogen and oxygen atoms in total. The third-order valence-electron chi connectivity index (χ3n) is 10.3. The molecule has 1 aromatic heterocycles. The smallest absolute Gasteiger partial charge is 0.333 e. The zero-order valence-electron chi connectivity index (χ0n) is 34.7. The number of hydrogen-bond acceptors (Lipinski definition) is 5. The summed E-state index contributed by atoms with van der Waals surface area (Å²) < 4.78 is 12.7. The maximum Gasteiger partial charge on any atom is 0.333 e. The predicted octanol–water partition coefficient (Wildman–Crippen LogP) is 15.1. The first-order chi connectivity index (χ1) is 28.8. The fourth-order valence-corrected chi connectivity index (χ4v) is 8.01. The van der Waals surface area contributed by atoms with E-state index in [4.69, 9.17) is 16.0 Å². The van der Waals surface area contributed by atoms with E-state index in [1.165, 1.54) is 67.1 Å². The van der Waals surface area contributed by atoms with Gasteiger partial charge in [0.2, 0.25) is 0 Å². The molecule has 0 amide bonds. The van der Waals surface area contributed by atoms with E-state index in [0.29, 0.717) is 13.2 Å². The molecule has 5 aromatic carbocycles. The van der Waals surface area contributed by atoms with Gasteiger partial charge >= 0.3 is 5.97 Å². The molecule has 0 atom stereocenters. The van der Waals surface area contributed by atoms with Crippen LogP contribution in [0.25, 0.3) is 43.6 Å². The quantitative estimate of drug-likeness (QED) is 0.0473. The van der Waals surface area contributed by atoms with Crippen LogP contribution in [0, 0.1) is 20.4 Å². The highest BCUT2D eigenvalue weighted by Crippen LogP contribution is 2.40. The molecular weight excluding hydrogens is 749 g/mol. The Labute approximate surface area is 354 Å². The van der Waals surface area contributed by atoms with Crippen molar-refractivity contribution in [2.75, 3.05) is 18.1 Å². The molecule has 6 rings (SSSR count). The summed E-state index contributed by atoms with van der Waals surface area (Å²) in [6, 6.07) is 42.5. The summed E-state index contributed by atoms with van der Waals surface area (Å²) >= 11 is 1.46. The first kappa shape index (κ1) is 42.5. The lowest BCUT2D eigenvalue weighted by Gasteiger charge is -2.26. The number of nitrogens with zero attached hydrogens (tertiary/aromatic N) is 2. The molecule has 6 aromatic rings. The van der Waals surface area contributed by atoms with Crippen molar-refractivity contribution in [3.63, 3.8) is 0 Å². The van der Waals surface area contributed by atoms with Gasteiger partial charge in [-0.15, -0.1) is 11.3 Å². The molecule has 0 aliphatic carbocycles. The number of rotatable bonds is 20. The number of aryl methyl sites for hydroxylation is 2. The molecule has 59 heavy (non-hydrogen) atoms. The minimum Gasteiger partial charge on any atom is -0.493 e. The molecule has 0 bridgehead atoms. The number of thiophene rings is 1. The van der Waals surface area contributed by atoms with E-state index >= 15 is 0 Å². The van der Waals surface area contributed by atoms with Crippen molar-refractivity contribution >= 4 is 40.4 Å². The van der Waals surface area contributed by atoms with Gasteiger partial charge in [0, 0.05) is 37.9 Å². The van der Waals surface area contributed by atoms with Crippen LogP contribution in [0.4, 0.5) is 17.1 Å². The standard InChI is InChI=1S/C52H54N2O4S/c1-6-8-10-12-32-57-49-34-37(3)14-29-46(49)39-16-22-42(23-17-39)54(44-26-20-41(21-27-44)51-31-28-45(59-51)36-48(53-5)52(55)56)43-24-18-40(19-25-43)47-30-15-38(4)35-50(47)58-33-13-11-9-7-2/h14-31,34-36H,6-13,32-33H2,1-4H3,(H,55,56)/b48-36-. The van der Waals surface area contributed by atoms with Gasteiger partial charge < -0.3 is 19.5 Å². The summed E-state index contributed by atoms with van der Waals surface area (Å²) in [6.07, 6.45) is 10.7. The summed E-state index contributed by atoms with van der Waals surface area (Å²) in [6.45, 7) is 17.3. The van der Waals surface area contributed by atoms with Crippen molar-refractivity contribution in [1.82, 2.24) is 0 Å². The zero-order valence-corrected chi connectivity index (χ0v) is 35.5. The van der Waals surface area contributed by atoms with Crippen molar-refractivity contribution in [3.05, 3.63) is 154 Å². The van der Waals surface area contributed by atoms with E-state index < -0.39 is 5.97 Å². The van der Waals surface area contributed by atoms with E-state index in [9.17, 15) is 9.90 Å². The molecule has 7 heteroatoms. The van der Waals surface area contributed by atoms with Crippen molar-refractivity contribution in [2.45, 2.75) is 79.1 Å². The number of benzene rings is 5. The molecule has 0 saturated carbocycles. The normalized spacial score (nSPS) is 11.3. The van der Waals surface area contributed by atoms with Gasteiger partial charge in [0.25, 0.3) is 5.70 Å². The largest absolute Gasteiger partial charge is 0.493 e. The molecule has 302 valence electrons. The third-order valence-corrected chi connectivity index (χ3v) is 11.4. The van der Waals surface area contributed by atoms with E-state index in [1.807, 2.05) is 12.1 Å². The van der Waals surface area contributed by atoms with Gasteiger partial charge in [0.05, 0.1) is 19.8 Å². The summed E-state index contributed by atoms with van der Waals surface area (Å²) in [7, 11) is 0. The molecule has 0 spiro atoms.